The summed E-state index contributed by atoms with van der Waals surface area (Å²) in [5.74, 6) is 0.402. The molecule has 1 aromatic carbocycles. The summed E-state index contributed by atoms with van der Waals surface area (Å²) < 4.78 is 4.12. The van der Waals surface area contributed by atoms with Crippen LogP contribution in [0, 0.1) is 0 Å². The van der Waals surface area contributed by atoms with Crippen molar-refractivity contribution in [1.29, 1.82) is 0 Å². The van der Waals surface area contributed by atoms with Gasteiger partial charge >= 0.3 is 0 Å². The van der Waals surface area contributed by atoms with Crippen molar-refractivity contribution in [2.45, 2.75) is 39.2 Å². The lowest BCUT2D eigenvalue weighted by atomic mass is 9.99. The lowest BCUT2D eigenvalue weighted by Gasteiger charge is -2.17. The zero-order chi connectivity index (χ0) is 13.8. The molecule has 4 heteroatoms. The van der Waals surface area contributed by atoms with Gasteiger partial charge in [0, 0.05) is 0 Å². The van der Waals surface area contributed by atoms with Crippen LogP contribution in [-0.4, -0.2) is 16.6 Å². The van der Waals surface area contributed by atoms with E-state index >= 15 is 0 Å². The molecular formula is C15H21N3S. The van der Waals surface area contributed by atoms with Gasteiger partial charge in [-0.15, -0.1) is 5.10 Å². The summed E-state index contributed by atoms with van der Waals surface area (Å²) >= 11 is 1.49. The summed E-state index contributed by atoms with van der Waals surface area (Å²) in [6.45, 7) is 6.49. The summed E-state index contributed by atoms with van der Waals surface area (Å²) in [4.78, 5) is 1.22. The van der Waals surface area contributed by atoms with Gasteiger partial charge in [0.25, 0.3) is 0 Å². The predicted molar refractivity (Wildman–Crippen MR) is 80.7 cm³/mol. The van der Waals surface area contributed by atoms with Crippen molar-refractivity contribution >= 4 is 11.5 Å². The zero-order valence-corrected chi connectivity index (χ0v) is 12.8. The van der Waals surface area contributed by atoms with Gasteiger partial charge in [-0.05, 0) is 42.0 Å². The molecule has 1 atom stereocenters. The Morgan fingerprint density at radius 3 is 2.42 bits per heavy atom. The van der Waals surface area contributed by atoms with Gasteiger partial charge in [-0.3, -0.25) is 0 Å². The number of aryl methyl sites for hydroxylation is 1. The summed E-state index contributed by atoms with van der Waals surface area (Å²) in [6.07, 6.45) is 1.07. The van der Waals surface area contributed by atoms with E-state index in [1.165, 1.54) is 27.5 Å². The van der Waals surface area contributed by atoms with Crippen LogP contribution < -0.4 is 5.32 Å². The Morgan fingerprint density at radius 1 is 1.21 bits per heavy atom. The lowest BCUT2D eigenvalue weighted by Crippen LogP contribution is -2.18. The molecule has 0 aliphatic rings. The van der Waals surface area contributed by atoms with E-state index in [0.29, 0.717) is 5.92 Å². The molecule has 0 fully saturated rings. The maximum atomic E-state index is 4.27. The van der Waals surface area contributed by atoms with E-state index < -0.39 is 0 Å². The fraction of sp³-hybridized carbons (Fsp3) is 0.467. The fourth-order valence-electron chi connectivity index (χ4n) is 2.20. The molecule has 2 aromatic rings. The third kappa shape index (κ3) is 3.01. The van der Waals surface area contributed by atoms with Gasteiger partial charge in [-0.2, -0.15) is 0 Å². The number of hydrogen-bond donors (Lipinski definition) is 1. The van der Waals surface area contributed by atoms with Gasteiger partial charge in [-0.1, -0.05) is 49.5 Å². The van der Waals surface area contributed by atoms with E-state index in [1.807, 2.05) is 7.05 Å². The van der Waals surface area contributed by atoms with Crippen LogP contribution >= 0.6 is 11.5 Å². The Kier molecular flexibility index (Phi) is 4.66. The van der Waals surface area contributed by atoms with Crippen LogP contribution in [0.5, 0.6) is 0 Å². The van der Waals surface area contributed by atoms with Crippen LogP contribution in [0.1, 0.15) is 54.4 Å². The molecule has 1 heterocycles. The van der Waals surface area contributed by atoms with E-state index in [-0.39, 0.29) is 6.04 Å². The monoisotopic (exact) mass is 275 g/mol. The third-order valence-electron chi connectivity index (χ3n) is 3.36. The smallest absolute Gasteiger partial charge is 0.0832 e. The molecule has 1 aromatic heterocycles. The van der Waals surface area contributed by atoms with Crippen molar-refractivity contribution in [2.24, 2.45) is 0 Å². The van der Waals surface area contributed by atoms with Gasteiger partial charge in [-0.25, -0.2) is 0 Å². The van der Waals surface area contributed by atoms with Crippen LogP contribution in [0.15, 0.2) is 24.3 Å². The van der Waals surface area contributed by atoms with Crippen molar-refractivity contribution in [3.63, 3.8) is 0 Å². The average Bonchev–Trinajstić information content (AvgIpc) is 2.90. The molecule has 102 valence electrons. The molecule has 0 aliphatic heterocycles. The summed E-state index contributed by atoms with van der Waals surface area (Å²) in [5, 5.41) is 7.66. The Morgan fingerprint density at radius 2 is 1.89 bits per heavy atom. The molecule has 0 aliphatic carbocycles. The molecule has 0 saturated heterocycles. The van der Waals surface area contributed by atoms with Crippen LogP contribution in [-0.2, 0) is 6.42 Å². The Labute approximate surface area is 119 Å². The molecule has 0 spiro atoms. The van der Waals surface area contributed by atoms with Crippen molar-refractivity contribution in [2.75, 3.05) is 7.05 Å². The lowest BCUT2D eigenvalue weighted by molar-refractivity contribution is 0.678. The molecule has 0 saturated carbocycles. The van der Waals surface area contributed by atoms with Crippen LogP contribution in [0.3, 0.4) is 0 Å². The first-order valence-corrected chi connectivity index (χ1v) is 7.53. The van der Waals surface area contributed by atoms with Gasteiger partial charge in [0.2, 0.25) is 0 Å². The topological polar surface area (TPSA) is 37.8 Å². The van der Waals surface area contributed by atoms with Crippen molar-refractivity contribution in [1.82, 2.24) is 14.9 Å². The molecule has 19 heavy (non-hydrogen) atoms. The Balaban J connectivity index is 2.35. The SMILES string of the molecule is CCc1ccc(C(NC)c2snnc2C(C)C)cc1. The van der Waals surface area contributed by atoms with Crippen LogP contribution in [0.2, 0.25) is 0 Å². The minimum Gasteiger partial charge on any atom is -0.309 e. The second kappa shape index (κ2) is 6.26. The van der Waals surface area contributed by atoms with Gasteiger partial charge in [0.15, 0.2) is 0 Å². The van der Waals surface area contributed by atoms with Crippen molar-refractivity contribution in [3.05, 3.63) is 46.0 Å². The fourth-order valence-corrected chi connectivity index (χ4v) is 3.15. The minimum absolute atomic E-state index is 0.184. The summed E-state index contributed by atoms with van der Waals surface area (Å²) in [5.41, 5.74) is 3.74. The highest BCUT2D eigenvalue weighted by molar-refractivity contribution is 7.05. The standard InChI is InChI=1S/C15H21N3S/c1-5-11-6-8-12(9-7-11)14(16-4)15-13(10(2)3)17-18-19-15/h6-10,14,16H,5H2,1-4H3. The van der Waals surface area contributed by atoms with E-state index in [1.54, 1.807) is 0 Å². The highest BCUT2D eigenvalue weighted by atomic mass is 32.1. The average molecular weight is 275 g/mol. The predicted octanol–water partition coefficient (Wildman–Crippen LogP) is 3.53. The summed E-state index contributed by atoms with van der Waals surface area (Å²) in [7, 11) is 1.99. The first kappa shape index (κ1) is 14.2. The zero-order valence-electron chi connectivity index (χ0n) is 12.0. The minimum atomic E-state index is 0.184. The molecule has 2 rings (SSSR count). The number of nitrogens with zero attached hydrogens (tertiary/aromatic N) is 2. The first-order chi connectivity index (χ1) is 9.17. The van der Waals surface area contributed by atoms with Gasteiger partial charge in [0.1, 0.15) is 0 Å². The maximum absolute atomic E-state index is 4.27. The van der Waals surface area contributed by atoms with Crippen molar-refractivity contribution in [3.8, 4) is 0 Å². The van der Waals surface area contributed by atoms with E-state index in [9.17, 15) is 0 Å². The second-order valence-corrected chi connectivity index (χ2v) is 5.78. The van der Waals surface area contributed by atoms with Gasteiger partial charge in [0.05, 0.1) is 16.6 Å². The molecule has 1 N–H and O–H groups in total. The van der Waals surface area contributed by atoms with Crippen LogP contribution in [0.25, 0.3) is 0 Å². The molecule has 3 nitrogen and oxygen atoms in total. The molecular weight excluding hydrogens is 254 g/mol. The number of aromatic nitrogens is 2. The quantitative estimate of drug-likeness (QED) is 0.907. The summed E-state index contributed by atoms with van der Waals surface area (Å²) in [6, 6.07) is 8.98. The van der Waals surface area contributed by atoms with E-state index in [0.717, 1.165) is 12.1 Å². The molecule has 0 amide bonds. The maximum Gasteiger partial charge on any atom is 0.0832 e. The van der Waals surface area contributed by atoms with E-state index in [4.69, 9.17) is 0 Å². The largest absolute Gasteiger partial charge is 0.309 e. The molecule has 0 radical (unpaired) electrons. The van der Waals surface area contributed by atoms with Gasteiger partial charge < -0.3 is 5.32 Å². The Bertz CT molecular complexity index is 516. The number of hydrogen-bond acceptors (Lipinski definition) is 4. The normalized spacial score (nSPS) is 12.9. The number of nitrogens with one attached hydrogen (secondary N) is 1. The number of benzene rings is 1. The molecule has 0 bridgehead atoms. The highest BCUT2D eigenvalue weighted by Crippen LogP contribution is 2.30. The third-order valence-corrected chi connectivity index (χ3v) is 4.16. The highest BCUT2D eigenvalue weighted by Gasteiger charge is 2.21. The Hall–Kier alpha value is -1.26. The number of rotatable bonds is 5. The van der Waals surface area contributed by atoms with Crippen LogP contribution in [0.4, 0.5) is 0 Å². The molecule has 1 unspecified atom stereocenters. The first-order valence-electron chi connectivity index (χ1n) is 6.75. The second-order valence-electron chi connectivity index (χ2n) is 4.99. The van der Waals surface area contributed by atoms with E-state index in [2.05, 4.69) is 59.9 Å². The van der Waals surface area contributed by atoms with Crippen molar-refractivity contribution < 1.29 is 0 Å².